The van der Waals surface area contributed by atoms with E-state index in [4.69, 9.17) is 9.47 Å². The van der Waals surface area contributed by atoms with E-state index in [0.717, 1.165) is 12.8 Å². The smallest absolute Gasteiger partial charge is 0.171 e. The highest BCUT2D eigenvalue weighted by Crippen LogP contribution is 2.05. The second-order valence-electron chi connectivity index (χ2n) is 2.52. The number of hydrogen-bond acceptors (Lipinski definition) is 3. The molecule has 0 aliphatic heterocycles. The summed E-state index contributed by atoms with van der Waals surface area (Å²) in [6.07, 6.45) is 2.08. The zero-order valence-corrected chi connectivity index (χ0v) is 7.89. The highest BCUT2D eigenvalue weighted by molar-refractivity contribution is 4.67. The maximum atomic E-state index is 5.12. The van der Waals surface area contributed by atoms with Gasteiger partial charge in [-0.1, -0.05) is 13.3 Å². The lowest BCUT2D eigenvalue weighted by Crippen LogP contribution is -2.39. The third-order valence-electron chi connectivity index (χ3n) is 1.76. The van der Waals surface area contributed by atoms with Crippen LogP contribution in [0.5, 0.6) is 0 Å². The molecule has 1 atom stereocenters. The first-order valence-electron chi connectivity index (χ1n) is 4.03. The van der Waals surface area contributed by atoms with Crippen LogP contribution in [0.15, 0.2) is 0 Å². The molecule has 0 aliphatic rings. The fourth-order valence-electron chi connectivity index (χ4n) is 1.15. The summed E-state index contributed by atoms with van der Waals surface area (Å²) in [5.74, 6) is 0. The molecule has 0 amide bonds. The minimum Gasteiger partial charge on any atom is -0.354 e. The minimum atomic E-state index is -0.125. The molecule has 0 aromatic rings. The first-order valence-corrected chi connectivity index (χ1v) is 4.03. The quantitative estimate of drug-likeness (QED) is 0.589. The van der Waals surface area contributed by atoms with Gasteiger partial charge in [0.1, 0.15) is 0 Å². The lowest BCUT2D eigenvalue weighted by Gasteiger charge is -2.23. The molecule has 0 saturated carbocycles. The number of nitrogens with one attached hydrogen (secondary N) is 1. The summed E-state index contributed by atoms with van der Waals surface area (Å²) in [5.41, 5.74) is 0. The molecule has 0 aromatic heterocycles. The zero-order valence-electron chi connectivity index (χ0n) is 7.89. The molecular formula is C8H19NO2. The van der Waals surface area contributed by atoms with Crippen LogP contribution in [0.4, 0.5) is 0 Å². The van der Waals surface area contributed by atoms with Crippen molar-refractivity contribution in [2.75, 3.05) is 21.3 Å². The molecule has 11 heavy (non-hydrogen) atoms. The Morgan fingerprint density at radius 3 is 2.09 bits per heavy atom. The van der Waals surface area contributed by atoms with Crippen molar-refractivity contribution in [1.29, 1.82) is 0 Å². The van der Waals surface area contributed by atoms with Gasteiger partial charge in [-0.3, -0.25) is 0 Å². The average Bonchev–Trinajstić information content (AvgIpc) is 2.05. The average molecular weight is 161 g/mol. The molecular weight excluding hydrogens is 142 g/mol. The Balaban J connectivity index is 3.76. The normalized spacial score (nSPS) is 13.9. The Kier molecular flexibility index (Phi) is 6.51. The molecule has 0 fully saturated rings. The summed E-state index contributed by atoms with van der Waals surface area (Å²) in [6, 6.07) is 0.301. The summed E-state index contributed by atoms with van der Waals surface area (Å²) in [5, 5.41) is 3.15. The lowest BCUT2D eigenvalue weighted by atomic mass is 10.1. The minimum absolute atomic E-state index is 0.125. The Hall–Kier alpha value is -0.120. The predicted octanol–water partition coefficient (Wildman–Crippen LogP) is 0.993. The van der Waals surface area contributed by atoms with Crippen molar-refractivity contribution in [3.8, 4) is 0 Å². The van der Waals surface area contributed by atoms with Crippen molar-refractivity contribution in [3.05, 3.63) is 0 Å². The molecule has 1 unspecified atom stereocenters. The van der Waals surface area contributed by atoms with E-state index >= 15 is 0 Å². The topological polar surface area (TPSA) is 30.5 Å². The number of hydrogen-bond donors (Lipinski definition) is 1. The van der Waals surface area contributed by atoms with Crippen molar-refractivity contribution in [2.24, 2.45) is 0 Å². The third kappa shape index (κ3) is 3.70. The Bertz CT molecular complexity index is 84.2. The van der Waals surface area contributed by atoms with Gasteiger partial charge in [-0.2, -0.15) is 0 Å². The van der Waals surface area contributed by atoms with Crippen LogP contribution in [-0.4, -0.2) is 33.6 Å². The Morgan fingerprint density at radius 2 is 1.82 bits per heavy atom. The second kappa shape index (κ2) is 6.58. The molecule has 0 heterocycles. The van der Waals surface area contributed by atoms with E-state index < -0.39 is 0 Å². The monoisotopic (exact) mass is 161 g/mol. The van der Waals surface area contributed by atoms with Crippen LogP contribution >= 0.6 is 0 Å². The van der Waals surface area contributed by atoms with Gasteiger partial charge in [0.05, 0.1) is 6.04 Å². The van der Waals surface area contributed by atoms with Crippen molar-refractivity contribution in [3.63, 3.8) is 0 Å². The molecule has 3 nitrogen and oxygen atoms in total. The molecule has 0 spiro atoms. The molecule has 0 saturated heterocycles. The molecule has 0 radical (unpaired) electrons. The van der Waals surface area contributed by atoms with Gasteiger partial charge in [0.2, 0.25) is 0 Å². The van der Waals surface area contributed by atoms with Gasteiger partial charge < -0.3 is 14.8 Å². The molecule has 68 valence electrons. The molecule has 0 bridgehead atoms. The molecule has 1 N–H and O–H groups in total. The zero-order chi connectivity index (χ0) is 8.69. The number of rotatable bonds is 6. The summed E-state index contributed by atoms with van der Waals surface area (Å²) in [7, 11) is 5.24. The fourth-order valence-corrected chi connectivity index (χ4v) is 1.15. The van der Waals surface area contributed by atoms with Crippen LogP contribution in [0.3, 0.4) is 0 Å². The SMILES string of the molecule is CCCC(NC)C(OC)OC. The van der Waals surface area contributed by atoms with Gasteiger partial charge in [-0.15, -0.1) is 0 Å². The van der Waals surface area contributed by atoms with Crippen molar-refractivity contribution in [2.45, 2.75) is 32.1 Å². The summed E-state index contributed by atoms with van der Waals surface area (Å²) in [4.78, 5) is 0. The van der Waals surface area contributed by atoms with Crippen molar-refractivity contribution >= 4 is 0 Å². The summed E-state index contributed by atoms with van der Waals surface area (Å²) in [6.45, 7) is 2.15. The predicted molar refractivity (Wildman–Crippen MR) is 45.6 cm³/mol. The van der Waals surface area contributed by atoms with Gasteiger partial charge in [0, 0.05) is 14.2 Å². The van der Waals surface area contributed by atoms with E-state index in [1.807, 2.05) is 7.05 Å². The number of ether oxygens (including phenoxy) is 2. The van der Waals surface area contributed by atoms with Crippen LogP contribution in [0.2, 0.25) is 0 Å². The number of methoxy groups -OCH3 is 2. The van der Waals surface area contributed by atoms with Gasteiger partial charge in [-0.05, 0) is 13.5 Å². The van der Waals surface area contributed by atoms with E-state index in [-0.39, 0.29) is 6.29 Å². The Labute approximate surface area is 69.1 Å². The maximum Gasteiger partial charge on any atom is 0.171 e. The first-order chi connectivity index (χ1) is 5.29. The largest absolute Gasteiger partial charge is 0.354 e. The highest BCUT2D eigenvalue weighted by Gasteiger charge is 2.17. The molecule has 3 heteroatoms. The molecule has 0 aliphatic carbocycles. The van der Waals surface area contributed by atoms with Crippen LogP contribution in [-0.2, 0) is 9.47 Å². The van der Waals surface area contributed by atoms with E-state index in [9.17, 15) is 0 Å². The molecule has 0 aromatic carbocycles. The van der Waals surface area contributed by atoms with E-state index in [0.29, 0.717) is 6.04 Å². The first kappa shape index (κ1) is 10.9. The Morgan fingerprint density at radius 1 is 1.27 bits per heavy atom. The van der Waals surface area contributed by atoms with Gasteiger partial charge in [0.15, 0.2) is 6.29 Å². The summed E-state index contributed by atoms with van der Waals surface area (Å²) < 4.78 is 10.2. The summed E-state index contributed by atoms with van der Waals surface area (Å²) >= 11 is 0. The third-order valence-corrected chi connectivity index (χ3v) is 1.76. The van der Waals surface area contributed by atoms with Crippen LogP contribution in [0.25, 0.3) is 0 Å². The molecule has 0 rings (SSSR count). The van der Waals surface area contributed by atoms with Gasteiger partial charge in [-0.25, -0.2) is 0 Å². The van der Waals surface area contributed by atoms with Crippen LogP contribution < -0.4 is 5.32 Å². The van der Waals surface area contributed by atoms with Gasteiger partial charge >= 0.3 is 0 Å². The van der Waals surface area contributed by atoms with Crippen LogP contribution in [0, 0.1) is 0 Å². The van der Waals surface area contributed by atoms with Crippen molar-refractivity contribution < 1.29 is 9.47 Å². The fraction of sp³-hybridized carbons (Fsp3) is 1.00. The van der Waals surface area contributed by atoms with E-state index in [2.05, 4.69) is 12.2 Å². The van der Waals surface area contributed by atoms with Gasteiger partial charge in [0.25, 0.3) is 0 Å². The number of likely N-dealkylation sites (N-methyl/N-ethyl adjacent to an activating group) is 1. The van der Waals surface area contributed by atoms with E-state index in [1.165, 1.54) is 0 Å². The standard InChI is InChI=1S/C8H19NO2/c1-5-6-7(9-2)8(10-3)11-4/h7-9H,5-6H2,1-4H3. The van der Waals surface area contributed by atoms with E-state index in [1.54, 1.807) is 14.2 Å². The highest BCUT2D eigenvalue weighted by atomic mass is 16.7. The second-order valence-corrected chi connectivity index (χ2v) is 2.52. The maximum absolute atomic E-state index is 5.12. The van der Waals surface area contributed by atoms with Crippen molar-refractivity contribution in [1.82, 2.24) is 5.32 Å². The lowest BCUT2D eigenvalue weighted by molar-refractivity contribution is -0.123. The van der Waals surface area contributed by atoms with Crippen LogP contribution in [0.1, 0.15) is 19.8 Å².